The van der Waals surface area contributed by atoms with Crippen molar-refractivity contribution in [1.82, 2.24) is 5.09 Å². The van der Waals surface area contributed by atoms with Crippen LogP contribution in [0.25, 0.3) is 0 Å². The Morgan fingerprint density at radius 1 is 1.44 bits per heavy atom. The molecule has 0 spiro atoms. The number of nitrogens with two attached hydrogens (primary N) is 1. The van der Waals surface area contributed by atoms with Gasteiger partial charge in [-0.3, -0.25) is 20.2 Å². The predicted octanol–water partition coefficient (Wildman–Crippen LogP) is 4.60. The van der Waals surface area contributed by atoms with E-state index in [9.17, 15) is 24.1 Å². The lowest BCUT2D eigenvalue weighted by Crippen LogP contribution is -2.23. The molecule has 144 valence electrons. The van der Waals surface area contributed by atoms with Gasteiger partial charge in [0.15, 0.2) is 0 Å². The van der Waals surface area contributed by atoms with Gasteiger partial charge in [0, 0.05) is 12.1 Å². The predicted molar refractivity (Wildman–Crippen MR) is 102 cm³/mol. The Balaban J connectivity index is 0.00000277. The summed E-state index contributed by atoms with van der Waals surface area (Å²) in [6.07, 6.45) is 0.560. The van der Waals surface area contributed by atoms with Crippen molar-refractivity contribution in [3.05, 3.63) is 33.9 Å². The van der Waals surface area contributed by atoms with Crippen molar-refractivity contribution >= 4 is 30.1 Å². The van der Waals surface area contributed by atoms with Gasteiger partial charge in [-0.1, -0.05) is 26.8 Å². The van der Waals surface area contributed by atoms with E-state index >= 15 is 0 Å². The molecule has 0 radical (unpaired) electrons. The van der Waals surface area contributed by atoms with Gasteiger partial charge < -0.3 is 9.42 Å². The fourth-order valence-electron chi connectivity index (χ4n) is 1.56. The van der Waals surface area contributed by atoms with Crippen LogP contribution < -0.4 is 15.1 Å². The van der Waals surface area contributed by atoms with E-state index in [0.717, 1.165) is 0 Å². The molecule has 1 aromatic carbocycles. The second-order valence-electron chi connectivity index (χ2n) is 4.90. The Labute approximate surface area is 151 Å². The zero-order chi connectivity index (χ0) is 19.8. The highest BCUT2D eigenvalue weighted by molar-refractivity contribution is 8.85. The first kappa shape index (κ1) is 24.1. The van der Waals surface area contributed by atoms with E-state index in [4.69, 9.17) is 10.0 Å². The van der Waals surface area contributed by atoms with Gasteiger partial charge in [-0.15, -0.1) is 0 Å². The van der Waals surface area contributed by atoms with E-state index in [1.54, 1.807) is 19.9 Å². The van der Waals surface area contributed by atoms with Gasteiger partial charge in [-0.05, 0) is 31.9 Å². The lowest BCUT2D eigenvalue weighted by Gasteiger charge is -2.23. The van der Waals surface area contributed by atoms with Crippen LogP contribution in [0.1, 0.15) is 39.7 Å². The van der Waals surface area contributed by atoms with E-state index in [0.29, 0.717) is 12.0 Å². The number of rotatable bonds is 8. The Bertz CT molecular complexity index is 682. The minimum absolute atomic E-state index is 0.0558. The maximum absolute atomic E-state index is 12.8. The Morgan fingerprint density at radius 2 is 2.00 bits per heavy atom. The number of nitro groups is 1. The van der Waals surface area contributed by atoms with Gasteiger partial charge in [-0.25, -0.2) is 9.65 Å². The number of nitrogens with zero attached hydrogens (tertiary/aromatic N) is 1. The number of benzene rings is 1. The minimum atomic E-state index is -4.24. The number of hydrogen-bond acceptors (Lipinski definition) is 6. The monoisotopic (exact) mass is 413 g/mol. The lowest BCUT2D eigenvalue weighted by atomic mass is 10.2. The second-order valence-corrected chi connectivity index (χ2v) is 12.6. The SMILES string of the molecule is CC.CCC(C)NP(=O)(Oc1ccc(C)cc1[N+](=O)[O-])SP(N)(=O)O. The van der Waals surface area contributed by atoms with E-state index in [1.165, 1.54) is 12.1 Å². The topological polar surface area (TPSA) is 145 Å². The number of nitro benzene ring substituents is 1. The van der Waals surface area contributed by atoms with Crippen molar-refractivity contribution in [2.45, 2.75) is 47.1 Å². The van der Waals surface area contributed by atoms with Crippen molar-refractivity contribution in [1.29, 1.82) is 0 Å². The summed E-state index contributed by atoms with van der Waals surface area (Å²) in [5, 5.41) is 13.7. The molecule has 12 heteroatoms. The highest BCUT2D eigenvalue weighted by Crippen LogP contribution is 2.71. The molecule has 1 rings (SSSR count). The highest BCUT2D eigenvalue weighted by atomic mass is 33.1. The first-order valence-electron chi connectivity index (χ1n) is 7.61. The average Bonchev–Trinajstić information content (AvgIpc) is 2.48. The average molecular weight is 413 g/mol. The molecule has 0 fully saturated rings. The van der Waals surface area contributed by atoms with Crippen LogP contribution in [0, 0.1) is 17.0 Å². The zero-order valence-electron chi connectivity index (χ0n) is 14.8. The van der Waals surface area contributed by atoms with Crippen LogP contribution >= 0.6 is 24.4 Å². The Kier molecular flexibility index (Phi) is 9.94. The number of aryl methyl sites for hydroxylation is 1. The summed E-state index contributed by atoms with van der Waals surface area (Å²) >= 11 is 0.0558. The lowest BCUT2D eigenvalue weighted by molar-refractivity contribution is -0.385. The zero-order valence-corrected chi connectivity index (χ0v) is 17.4. The Hall–Kier alpha value is -0.890. The van der Waals surface area contributed by atoms with E-state index < -0.39 is 18.4 Å². The summed E-state index contributed by atoms with van der Waals surface area (Å²) in [6.45, 7) is 0.922. The van der Waals surface area contributed by atoms with Crippen LogP contribution in [0.3, 0.4) is 0 Å². The quantitative estimate of drug-likeness (QED) is 0.316. The molecule has 25 heavy (non-hydrogen) atoms. The molecular weight excluding hydrogens is 388 g/mol. The normalized spacial score (nSPS) is 16.6. The van der Waals surface area contributed by atoms with Crippen LogP contribution in [0.5, 0.6) is 5.75 Å². The van der Waals surface area contributed by atoms with Crippen molar-refractivity contribution in [3.63, 3.8) is 0 Å². The molecule has 0 amide bonds. The maximum atomic E-state index is 12.8. The van der Waals surface area contributed by atoms with Gasteiger partial charge in [-0.2, -0.15) is 0 Å². The molecular formula is C13H25N3O6P2S. The minimum Gasteiger partial charge on any atom is -0.418 e. The molecule has 0 saturated heterocycles. The first-order valence-corrected chi connectivity index (χ1v) is 13.0. The van der Waals surface area contributed by atoms with Crippen LogP contribution in [-0.4, -0.2) is 15.9 Å². The van der Waals surface area contributed by atoms with E-state index in [-0.39, 0.29) is 28.5 Å². The van der Waals surface area contributed by atoms with Crippen LogP contribution in [0.2, 0.25) is 0 Å². The second kappa shape index (κ2) is 10.3. The van der Waals surface area contributed by atoms with Crippen LogP contribution in [-0.2, 0) is 9.13 Å². The first-order chi connectivity index (χ1) is 11.5. The summed E-state index contributed by atoms with van der Waals surface area (Å²) in [5.74, 6) is -0.263. The summed E-state index contributed by atoms with van der Waals surface area (Å²) < 4.78 is 29.5. The number of hydrogen-bond donors (Lipinski definition) is 3. The molecule has 0 saturated carbocycles. The van der Waals surface area contributed by atoms with Gasteiger partial charge >= 0.3 is 19.1 Å². The molecule has 9 nitrogen and oxygen atoms in total. The molecule has 3 unspecified atom stereocenters. The third-order valence-corrected chi connectivity index (χ3v) is 10.3. The Morgan fingerprint density at radius 3 is 2.44 bits per heavy atom. The molecule has 3 atom stereocenters. The van der Waals surface area contributed by atoms with Crippen molar-refractivity contribution in [2.24, 2.45) is 5.50 Å². The van der Waals surface area contributed by atoms with Crippen LogP contribution in [0.4, 0.5) is 5.69 Å². The van der Waals surface area contributed by atoms with Crippen molar-refractivity contribution in [2.75, 3.05) is 0 Å². The molecule has 1 aromatic rings. The van der Waals surface area contributed by atoms with E-state index in [1.807, 2.05) is 20.8 Å². The highest BCUT2D eigenvalue weighted by Gasteiger charge is 2.37. The van der Waals surface area contributed by atoms with Gasteiger partial charge in [0.2, 0.25) is 5.75 Å². The molecule has 0 bridgehead atoms. The van der Waals surface area contributed by atoms with Crippen LogP contribution in [0.15, 0.2) is 18.2 Å². The molecule has 0 aliphatic rings. The van der Waals surface area contributed by atoms with Crippen molar-refractivity contribution in [3.8, 4) is 5.75 Å². The smallest absolute Gasteiger partial charge is 0.385 e. The third kappa shape index (κ3) is 8.85. The molecule has 4 N–H and O–H groups in total. The summed E-state index contributed by atoms with van der Waals surface area (Å²) in [6, 6.07) is 3.78. The molecule has 0 aliphatic carbocycles. The maximum Gasteiger partial charge on any atom is 0.385 e. The largest absolute Gasteiger partial charge is 0.418 e. The van der Waals surface area contributed by atoms with Gasteiger partial charge in [0.25, 0.3) is 0 Å². The van der Waals surface area contributed by atoms with E-state index in [2.05, 4.69) is 5.09 Å². The van der Waals surface area contributed by atoms with Crippen molar-refractivity contribution < 1.29 is 23.5 Å². The molecule has 0 aromatic heterocycles. The fraction of sp³-hybridized carbons (Fsp3) is 0.538. The summed E-state index contributed by atoms with van der Waals surface area (Å²) in [4.78, 5) is 19.7. The third-order valence-electron chi connectivity index (χ3n) is 2.75. The summed E-state index contributed by atoms with van der Waals surface area (Å²) in [5.41, 5.74) is 5.29. The van der Waals surface area contributed by atoms with Gasteiger partial charge in [0.1, 0.15) is 0 Å². The van der Waals surface area contributed by atoms with Gasteiger partial charge in [0.05, 0.1) is 15.9 Å². The summed E-state index contributed by atoms with van der Waals surface area (Å²) in [7, 11) is 0. The molecule has 0 heterocycles. The fourth-order valence-corrected chi connectivity index (χ4v) is 8.58. The molecule has 0 aliphatic heterocycles. The standard InChI is InChI=1S/C11H19N3O6P2S.C2H6/c1-4-9(3)13-22(19,23-21(12,17)18)20-11-6-5-8(2)7-10(11)14(15)16;1-2/h5-7,9H,4H2,1-3H3,(H,13,19)(H3,12,17,18);1-2H3. The number of nitrogens with one attached hydrogen (secondary N) is 1.